The Morgan fingerprint density at radius 1 is 1.00 bits per heavy atom. The molecule has 0 spiro atoms. The summed E-state index contributed by atoms with van der Waals surface area (Å²) in [6.45, 7) is 9.19. The van der Waals surface area contributed by atoms with Gasteiger partial charge in [-0.2, -0.15) is 0 Å². The first-order valence-corrected chi connectivity index (χ1v) is 5.13. The lowest BCUT2D eigenvalue weighted by atomic mass is 10.0. The standard InChI is InChI=1S/C11H22N/c1-8(2)10-6-7-11(9(3)4)12(10)5/h8-11H,5-7H2,1-4H3/q-1/t10-,11+. The van der Waals surface area contributed by atoms with Crippen molar-refractivity contribution in [3.8, 4) is 0 Å². The van der Waals surface area contributed by atoms with Crippen molar-refractivity contribution in [2.75, 3.05) is 0 Å². The second-order valence-electron chi connectivity index (χ2n) is 4.71. The van der Waals surface area contributed by atoms with Crippen LogP contribution in [0.15, 0.2) is 0 Å². The van der Waals surface area contributed by atoms with E-state index >= 15 is 0 Å². The molecule has 1 heteroatoms. The van der Waals surface area contributed by atoms with Gasteiger partial charge in [-0.1, -0.05) is 27.7 Å². The highest BCUT2D eigenvalue weighted by atomic mass is 15.2. The fourth-order valence-corrected chi connectivity index (χ4v) is 2.35. The molecule has 1 saturated heterocycles. The summed E-state index contributed by atoms with van der Waals surface area (Å²) in [5.74, 6) is 1.51. The first-order valence-electron chi connectivity index (χ1n) is 5.13. The van der Waals surface area contributed by atoms with Crippen LogP contribution in [0.3, 0.4) is 0 Å². The normalized spacial score (nSPS) is 32.2. The predicted molar refractivity (Wildman–Crippen MR) is 53.7 cm³/mol. The van der Waals surface area contributed by atoms with Gasteiger partial charge in [0.15, 0.2) is 0 Å². The zero-order valence-corrected chi connectivity index (χ0v) is 8.88. The molecule has 1 nitrogen and oxygen atoms in total. The number of nitrogens with zero attached hydrogens (tertiary/aromatic N) is 1. The third-order valence-corrected chi connectivity index (χ3v) is 3.15. The van der Waals surface area contributed by atoms with Crippen molar-refractivity contribution in [2.45, 2.75) is 52.6 Å². The van der Waals surface area contributed by atoms with Crippen molar-refractivity contribution in [3.05, 3.63) is 7.05 Å². The molecular formula is C11H22N-. The van der Waals surface area contributed by atoms with Crippen LogP contribution >= 0.6 is 0 Å². The van der Waals surface area contributed by atoms with E-state index in [1.807, 2.05) is 0 Å². The molecule has 1 rings (SSSR count). The lowest BCUT2D eigenvalue weighted by Crippen LogP contribution is -2.36. The molecule has 1 heterocycles. The van der Waals surface area contributed by atoms with Gasteiger partial charge in [0.1, 0.15) is 0 Å². The van der Waals surface area contributed by atoms with E-state index in [1.54, 1.807) is 0 Å². The number of hydrogen-bond acceptors (Lipinski definition) is 1. The Bertz CT molecular complexity index is 124. The van der Waals surface area contributed by atoms with Crippen LogP contribution in [0.1, 0.15) is 40.5 Å². The average molecular weight is 168 g/mol. The van der Waals surface area contributed by atoms with E-state index in [0.717, 1.165) is 23.9 Å². The van der Waals surface area contributed by atoms with E-state index in [0.29, 0.717) is 0 Å². The Balaban J connectivity index is 2.55. The highest BCUT2D eigenvalue weighted by Crippen LogP contribution is 2.31. The van der Waals surface area contributed by atoms with Crippen molar-refractivity contribution in [1.82, 2.24) is 4.90 Å². The van der Waals surface area contributed by atoms with Gasteiger partial charge in [0, 0.05) is 0 Å². The summed E-state index contributed by atoms with van der Waals surface area (Å²) in [5, 5.41) is 0. The molecule has 2 atom stereocenters. The topological polar surface area (TPSA) is 3.24 Å². The molecule has 0 aromatic rings. The van der Waals surface area contributed by atoms with Gasteiger partial charge in [0.2, 0.25) is 0 Å². The molecule has 0 radical (unpaired) electrons. The molecule has 0 amide bonds. The first-order chi connectivity index (χ1) is 5.54. The minimum Gasteiger partial charge on any atom is -0.454 e. The summed E-state index contributed by atoms with van der Waals surface area (Å²) >= 11 is 0. The number of rotatable bonds is 2. The molecule has 0 aromatic carbocycles. The second-order valence-corrected chi connectivity index (χ2v) is 4.71. The zero-order valence-electron chi connectivity index (χ0n) is 8.88. The van der Waals surface area contributed by atoms with E-state index in [-0.39, 0.29) is 0 Å². The molecular weight excluding hydrogens is 146 g/mol. The lowest BCUT2D eigenvalue weighted by molar-refractivity contribution is 0.191. The van der Waals surface area contributed by atoms with Crippen LogP contribution in [-0.2, 0) is 0 Å². The molecule has 1 aliphatic heterocycles. The number of likely N-dealkylation sites (tertiary alicyclic amines) is 1. The molecule has 1 aliphatic rings. The Morgan fingerprint density at radius 3 is 1.50 bits per heavy atom. The van der Waals surface area contributed by atoms with Crippen LogP contribution in [0.5, 0.6) is 0 Å². The van der Waals surface area contributed by atoms with Gasteiger partial charge in [-0.25, -0.2) is 0 Å². The van der Waals surface area contributed by atoms with Crippen molar-refractivity contribution < 1.29 is 0 Å². The molecule has 1 fully saturated rings. The minimum atomic E-state index is 0.720. The first kappa shape index (κ1) is 10.0. The van der Waals surface area contributed by atoms with Crippen LogP contribution in [-0.4, -0.2) is 17.0 Å². The predicted octanol–water partition coefficient (Wildman–Crippen LogP) is 2.92. The minimum absolute atomic E-state index is 0.720. The van der Waals surface area contributed by atoms with Crippen molar-refractivity contribution in [2.24, 2.45) is 11.8 Å². The highest BCUT2D eigenvalue weighted by molar-refractivity contribution is 4.90. The third kappa shape index (κ3) is 1.82. The van der Waals surface area contributed by atoms with Gasteiger partial charge >= 0.3 is 0 Å². The van der Waals surface area contributed by atoms with E-state index in [2.05, 4.69) is 39.6 Å². The van der Waals surface area contributed by atoms with Crippen LogP contribution in [0.2, 0.25) is 0 Å². The smallest absolute Gasteiger partial charge is 0.0159 e. The maximum atomic E-state index is 4.18. The lowest BCUT2D eigenvalue weighted by Gasteiger charge is -2.37. The SMILES string of the molecule is [CH2-]N1[C@@H](C(C)C)CC[C@H]1C(C)C. The fraction of sp³-hybridized carbons (Fsp3) is 0.909. The highest BCUT2D eigenvalue weighted by Gasteiger charge is 2.29. The third-order valence-electron chi connectivity index (χ3n) is 3.15. The van der Waals surface area contributed by atoms with Crippen LogP contribution < -0.4 is 0 Å². The van der Waals surface area contributed by atoms with Gasteiger partial charge < -0.3 is 4.90 Å². The van der Waals surface area contributed by atoms with E-state index in [9.17, 15) is 0 Å². The maximum absolute atomic E-state index is 4.18. The van der Waals surface area contributed by atoms with Gasteiger partial charge in [0.25, 0.3) is 0 Å². The zero-order chi connectivity index (χ0) is 9.30. The summed E-state index contributed by atoms with van der Waals surface area (Å²) in [5.41, 5.74) is 0. The van der Waals surface area contributed by atoms with Crippen molar-refractivity contribution in [3.63, 3.8) is 0 Å². The number of hydrogen-bond donors (Lipinski definition) is 0. The summed E-state index contributed by atoms with van der Waals surface area (Å²) in [4.78, 5) is 2.34. The molecule has 0 aliphatic carbocycles. The quantitative estimate of drug-likeness (QED) is 0.573. The molecule has 0 aromatic heterocycles. The summed E-state index contributed by atoms with van der Waals surface area (Å²) in [7, 11) is 4.18. The summed E-state index contributed by atoms with van der Waals surface area (Å²) < 4.78 is 0. The maximum Gasteiger partial charge on any atom is -0.0159 e. The van der Waals surface area contributed by atoms with Gasteiger partial charge in [-0.3, -0.25) is 7.05 Å². The van der Waals surface area contributed by atoms with Crippen LogP contribution in [0, 0.1) is 18.9 Å². The van der Waals surface area contributed by atoms with Gasteiger partial charge in [-0.15, -0.1) is 0 Å². The Hall–Kier alpha value is -0.0400. The van der Waals surface area contributed by atoms with Gasteiger partial charge in [-0.05, 0) is 36.8 Å². The monoisotopic (exact) mass is 168 g/mol. The van der Waals surface area contributed by atoms with E-state index in [1.165, 1.54) is 12.8 Å². The molecule has 72 valence electrons. The summed E-state index contributed by atoms with van der Waals surface area (Å²) in [6, 6.07) is 1.44. The molecule has 0 saturated carbocycles. The Kier molecular flexibility index (Phi) is 3.16. The largest absolute Gasteiger partial charge is 0.454 e. The molecule has 0 bridgehead atoms. The van der Waals surface area contributed by atoms with Gasteiger partial charge in [0.05, 0.1) is 0 Å². The van der Waals surface area contributed by atoms with E-state index < -0.39 is 0 Å². The Morgan fingerprint density at radius 2 is 1.33 bits per heavy atom. The van der Waals surface area contributed by atoms with Crippen molar-refractivity contribution in [1.29, 1.82) is 0 Å². The fourth-order valence-electron chi connectivity index (χ4n) is 2.35. The van der Waals surface area contributed by atoms with Crippen molar-refractivity contribution >= 4 is 0 Å². The molecule has 0 unspecified atom stereocenters. The summed E-state index contributed by atoms with van der Waals surface area (Å²) in [6.07, 6.45) is 2.67. The van der Waals surface area contributed by atoms with Crippen LogP contribution in [0.25, 0.3) is 0 Å². The van der Waals surface area contributed by atoms with Crippen LogP contribution in [0.4, 0.5) is 0 Å². The average Bonchev–Trinajstić information content (AvgIpc) is 2.30. The Labute approximate surface area is 77.1 Å². The molecule has 12 heavy (non-hydrogen) atoms. The van der Waals surface area contributed by atoms with E-state index in [4.69, 9.17) is 0 Å². The molecule has 0 N–H and O–H groups in total. The second kappa shape index (κ2) is 3.78.